The van der Waals surface area contributed by atoms with Crippen LogP contribution in [0.1, 0.15) is 20.3 Å². The summed E-state index contributed by atoms with van der Waals surface area (Å²) >= 11 is 0. The minimum absolute atomic E-state index is 0.0918. The maximum absolute atomic E-state index is 11.1. The molecule has 6 nitrogen and oxygen atoms in total. The van der Waals surface area contributed by atoms with Crippen LogP contribution in [0, 0.1) is 0 Å². The minimum Gasteiger partial charge on any atom is -0.477 e. The summed E-state index contributed by atoms with van der Waals surface area (Å²) in [4.78, 5) is 19.6. The van der Waals surface area contributed by atoms with E-state index in [-0.39, 0.29) is 11.9 Å². The topological polar surface area (TPSA) is 90.1 Å². The lowest BCUT2D eigenvalue weighted by Gasteiger charge is -2.10. The molecule has 1 aromatic heterocycles. The van der Waals surface area contributed by atoms with Crippen molar-refractivity contribution in [3.05, 3.63) is 42.5 Å². The Morgan fingerprint density at radius 1 is 1.12 bits per heavy atom. The summed E-state index contributed by atoms with van der Waals surface area (Å²) in [6.07, 6.45) is 0.885. The van der Waals surface area contributed by atoms with Crippen LogP contribution < -0.4 is 15.8 Å². The van der Waals surface area contributed by atoms with Crippen molar-refractivity contribution in [3.8, 4) is 17.0 Å². The molecule has 0 aliphatic carbocycles. The van der Waals surface area contributed by atoms with Gasteiger partial charge in [0.25, 0.3) is 0 Å². The van der Waals surface area contributed by atoms with Crippen molar-refractivity contribution in [1.29, 1.82) is 0 Å². The van der Waals surface area contributed by atoms with Crippen molar-refractivity contribution < 1.29 is 9.53 Å². The van der Waals surface area contributed by atoms with Gasteiger partial charge in [-0.05, 0) is 41.8 Å². The highest BCUT2D eigenvalue weighted by molar-refractivity contribution is 5.90. The van der Waals surface area contributed by atoms with Gasteiger partial charge in [0.1, 0.15) is 0 Å². The van der Waals surface area contributed by atoms with Crippen LogP contribution in [-0.2, 0) is 4.79 Å². The minimum atomic E-state index is -0.0918. The number of aromatic nitrogens is 2. The molecule has 0 aliphatic heterocycles. The van der Waals surface area contributed by atoms with E-state index >= 15 is 0 Å². The molecule has 0 unspecified atom stereocenters. The van der Waals surface area contributed by atoms with Gasteiger partial charge in [-0.25, -0.2) is 4.98 Å². The average Bonchev–Trinajstić information content (AvgIpc) is 2.59. The predicted molar refractivity (Wildman–Crippen MR) is 99.5 cm³/mol. The van der Waals surface area contributed by atoms with E-state index in [0.29, 0.717) is 12.5 Å². The number of benzene rings is 2. The Hall–Kier alpha value is -3.15. The molecule has 3 aromatic rings. The van der Waals surface area contributed by atoms with E-state index in [1.807, 2.05) is 49.4 Å². The molecule has 3 N–H and O–H groups in total. The Labute approximate surface area is 146 Å². The SMILES string of the molecule is CCCOc1nc(N)nc2ccc(-c3ccc(NC(C)=O)cc3)cc12. The number of hydrogen-bond donors (Lipinski definition) is 2. The number of hydrogen-bond acceptors (Lipinski definition) is 5. The first-order valence-electron chi connectivity index (χ1n) is 8.15. The predicted octanol–water partition coefficient (Wildman–Crippen LogP) is 3.63. The third-order valence-electron chi connectivity index (χ3n) is 3.66. The molecule has 1 heterocycles. The lowest BCUT2D eigenvalue weighted by Crippen LogP contribution is -2.05. The molecule has 0 aliphatic rings. The van der Waals surface area contributed by atoms with Crippen molar-refractivity contribution in [1.82, 2.24) is 9.97 Å². The molecule has 3 rings (SSSR count). The number of rotatable bonds is 5. The van der Waals surface area contributed by atoms with Crippen LogP contribution in [0.3, 0.4) is 0 Å². The van der Waals surface area contributed by atoms with Crippen LogP contribution in [-0.4, -0.2) is 22.5 Å². The third kappa shape index (κ3) is 3.85. The van der Waals surface area contributed by atoms with Gasteiger partial charge in [-0.3, -0.25) is 4.79 Å². The van der Waals surface area contributed by atoms with Crippen LogP contribution in [0.5, 0.6) is 5.88 Å². The van der Waals surface area contributed by atoms with Gasteiger partial charge in [0.15, 0.2) is 0 Å². The van der Waals surface area contributed by atoms with Gasteiger partial charge < -0.3 is 15.8 Å². The highest BCUT2D eigenvalue weighted by atomic mass is 16.5. The van der Waals surface area contributed by atoms with E-state index in [1.165, 1.54) is 6.92 Å². The largest absolute Gasteiger partial charge is 0.477 e. The van der Waals surface area contributed by atoms with Crippen molar-refractivity contribution in [2.45, 2.75) is 20.3 Å². The molecule has 0 radical (unpaired) electrons. The molecule has 25 heavy (non-hydrogen) atoms. The smallest absolute Gasteiger partial charge is 0.226 e. The molecular formula is C19H20N4O2. The summed E-state index contributed by atoms with van der Waals surface area (Å²) in [5, 5.41) is 3.58. The van der Waals surface area contributed by atoms with E-state index in [0.717, 1.165) is 34.1 Å². The van der Waals surface area contributed by atoms with Crippen LogP contribution >= 0.6 is 0 Å². The number of amides is 1. The molecule has 128 valence electrons. The van der Waals surface area contributed by atoms with Crippen molar-refractivity contribution in [2.24, 2.45) is 0 Å². The summed E-state index contributed by atoms with van der Waals surface area (Å²) in [5.41, 5.74) is 9.31. The fraction of sp³-hybridized carbons (Fsp3) is 0.211. The Balaban J connectivity index is 1.99. The number of carbonyl (C=O) groups excluding carboxylic acids is 1. The van der Waals surface area contributed by atoms with Crippen molar-refractivity contribution >= 4 is 28.4 Å². The molecule has 6 heteroatoms. The zero-order valence-corrected chi connectivity index (χ0v) is 14.2. The first-order chi connectivity index (χ1) is 12.1. The van der Waals surface area contributed by atoms with E-state index in [9.17, 15) is 4.79 Å². The monoisotopic (exact) mass is 336 g/mol. The first kappa shape index (κ1) is 16.7. The van der Waals surface area contributed by atoms with Gasteiger partial charge >= 0.3 is 0 Å². The second-order valence-electron chi connectivity index (χ2n) is 5.73. The normalized spacial score (nSPS) is 10.6. The Morgan fingerprint density at radius 2 is 1.84 bits per heavy atom. The number of nitrogens with zero attached hydrogens (tertiary/aromatic N) is 2. The standard InChI is InChI=1S/C19H20N4O2/c1-3-10-25-18-16-11-14(6-9-17(16)22-19(20)23-18)13-4-7-15(8-5-13)21-12(2)24/h4-9,11H,3,10H2,1-2H3,(H,21,24)(H2,20,22,23). The highest BCUT2D eigenvalue weighted by Crippen LogP contribution is 2.29. The molecule has 0 saturated heterocycles. The fourth-order valence-electron chi connectivity index (χ4n) is 2.56. The summed E-state index contributed by atoms with van der Waals surface area (Å²) in [7, 11) is 0. The molecule has 0 saturated carbocycles. The molecular weight excluding hydrogens is 316 g/mol. The molecule has 2 aromatic carbocycles. The molecule has 0 bridgehead atoms. The molecule has 1 amide bonds. The number of nitrogens with two attached hydrogens (primary N) is 1. The second-order valence-corrected chi connectivity index (χ2v) is 5.73. The van der Waals surface area contributed by atoms with Gasteiger partial charge in [-0.15, -0.1) is 0 Å². The second kappa shape index (κ2) is 7.17. The van der Waals surface area contributed by atoms with Crippen LogP contribution in [0.2, 0.25) is 0 Å². The van der Waals surface area contributed by atoms with Crippen molar-refractivity contribution in [3.63, 3.8) is 0 Å². The number of ether oxygens (including phenoxy) is 1. The van der Waals surface area contributed by atoms with Crippen LogP contribution in [0.25, 0.3) is 22.0 Å². The maximum atomic E-state index is 11.1. The number of fused-ring (bicyclic) bond motifs is 1. The summed E-state index contributed by atoms with van der Waals surface area (Å²) in [6.45, 7) is 4.09. The fourth-order valence-corrected chi connectivity index (χ4v) is 2.56. The Bertz CT molecular complexity index is 907. The average molecular weight is 336 g/mol. The van der Waals surface area contributed by atoms with Gasteiger partial charge in [0.05, 0.1) is 17.5 Å². The number of nitrogens with one attached hydrogen (secondary N) is 1. The van der Waals surface area contributed by atoms with Crippen molar-refractivity contribution in [2.75, 3.05) is 17.7 Å². The number of nitrogen functional groups attached to an aromatic ring is 1. The van der Waals surface area contributed by atoms with Crippen LogP contribution in [0.4, 0.5) is 11.6 Å². The highest BCUT2D eigenvalue weighted by Gasteiger charge is 2.09. The summed E-state index contributed by atoms with van der Waals surface area (Å²) < 4.78 is 5.72. The third-order valence-corrected chi connectivity index (χ3v) is 3.66. The molecule has 0 fully saturated rings. The Kier molecular flexibility index (Phi) is 4.79. The lowest BCUT2D eigenvalue weighted by molar-refractivity contribution is -0.114. The summed E-state index contributed by atoms with van der Waals surface area (Å²) in [6, 6.07) is 13.5. The van der Waals surface area contributed by atoms with Gasteiger partial charge in [-0.2, -0.15) is 4.98 Å². The zero-order valence-electron chi connectivity index (χ0n) is 14.2. The van der Waals surface area contributed by atoms with E-state index in [2.05, 4.69) is 15.3 Å². The first-order valence-corrected chi connectivity index (χ1v) is 8.15. The van der Waals surface area contributed by atoms with Gasteiger partial charge in [0, 0.05) is 12.6 Å². The lowest BCUT2D eigenvalue weighted by atomic mass is 10.0. The number of anilines is 2. The molecule has 0 atom stereocenters. The molecule has 0 spiro atoms. The van der Waals surface area contributed by atoms with Gasteiger partial charge in [0.2, 0.25) is 17.7 Å². The number of carbonyl (C=O) groups is 1. The summed E-state index contributed by atoms with van der Waals surface area (Å²) in [5.74, 6) is 0.609. The van der Waals surface area contributed by atoms with Gasteiger partial charge in [-0.1, -0.05) is 25.1 Å². The zero-order chi connectivity index (χ0) is 17.8. The van der Waals surface area contributed by atoms with E-state index < -0.39 is 0 Å². The van der Waals surface area contributed by atoms with E-state index in [1.54, 1.807) is 0 Å². The quantitative estimate of drug-likeness (QED) is 0.742. The maximum Gasteiger partial charge on any atom is 0.226 e. The van der Waals surface area contributed by atoms with Crippen LogP contribution in [0.15, 0.2) is 42.5 Å². The van der Waals surface area contributed by atoms with E-state index in [4.69, 9.17) is 10.5 Å². The Morgan fingerprint density at radius 3 is 2.52 bits per heavy atom.